The molecule has 0 spiro atoms. The van der Waals surface area contributed by atoms with Gasteiger partial charge in [0.05, 0.1) is 10.6 Å². The first kappa shape index (κ1) is 18.8. The summed E-state index contributed by atoms with van der Waals surface area (Å²) >= 11 is 1.37. The Labute approximate surface area is 163 Å². The first-order valence-corrected chi connectivity index (χ1v) is 9.46. The summed E-state index contributed by atoms with van der Waals surface area (Å²) in [5, 5.41) is 0.685. The zero-order valence-corrected chi connectivity index (χ0v) is 16.1. The van der Waals surface area contributed by atoms with Crippen LogP contribution in [0.4, 0.5) is 5.69 Å². The van der Waals surface area contributed by atoms with Crippen LogP contribution in [0.5, 0.6) is 5.75 Å². The van der Waals surface area contributed by atoms with Gasteiger partial charge in [-0.1, -0.05) is 42.3 Å². The number of thioether (sulfide) groups is 1. The largest absolute Gasteiger partial charge is 0.480 e. The van der Waals surface area contributed by atoms with Gasteiger partial charge in [-0.25, -0.2) is 4.99 Å². The van der Waals surface area contributed by atoms with Crippen molar-refractivity contribution >= 4 is 34.6 Å². The number of terminal acetylenes is 1. The Kier molecular flexibility index (Phi) is 6.00. The Bertz CT molecular complexity index is 957. The second-order valence-corrected chi connectivity index (χ2v) is 6.88. The summed E-state index contributed by atoms with van der Waals surface area (Å²) in [6.45, 7) is 4.69. The fourth-order valence-corrected chi connectivity index (χ4v) is 3.70. The average molecular weight is 376 g/mol. The van der Waals surface area contributed by atoms with E-state index < -0.39 is 0 Å². The van der Waals surface area contributed by atoms with Crippen LogP contribution in [0.2, 0.25) is 0 Å². The first-order valence-electron chi connectivity index (χ1n) is 8.65. The molecule has 27 heavy (non-hydrogen) atoms. The Morgan fingerprint density at radius 3 is 2.70 bits per heavy atom. The molecule has 2 aromatic rings. The molecule has 0 N–H and O–H groups in total. The van der Waals surface area contributed by atoms with Crippen LogP contribution >= 0.6 is 11.8 Å². The molecule has 1 fully saturated rings. The Morgan fingerprint density at radius 1 is 1.22 bits per heavy atom. The van der Waals surface area contributed by atoms with Crippen molar-refractivity contribution in [1.82, 2.24) is 4.90 Å². The summed E-state index contributed by atoms with van der Waals surface area (Å²) < 4.78 is 5.58. The number of ether oxygens (including phenoxy) is 1. The summed E-state index contributed by atoms with van der Waals surface area (Å²) in [7, 11) is 0. The van der Waals surface area contributed by atoms with E-state index in [0.717, 1.165) is 16.8 Å². The zero-order valence-electron chi connectivity index (χ0n) is 15.3. The SMILES string of the molecule is C#CCOc1ccccc1/C=C1/SC(=Nc2ccccc2C)N(CC)C1=O. The summed E-state index contributed by atoms with van der Waals surface area (Å²) in [6.07, 6.45) is 7.12. The molecule has 1 aliphatic rings. The van der Waals surface area contributed by atoms with Crippen LogP contribution in [0.3, 0.4) is 0 Å². The molecule has 3 rings (SSSR count). The average Bonchev–Trinajstić information content (AvgIpc) is 2.97. The number of carbonyl (C=O) groups is 1. The van der Waals surface area contributed by atoms with E-state index in [0.29, 0.717) is 22.4 Å². The molecule has 2 aromatic carbocycles. The predicted octanol–water partition coefficient (Wildman–Crippen LogP) is 4.63. The number of rotatable bonds is 5. The van der Waals surface area contributed by atoms with Crippen molar-refractivity contribution in [3.8, 4) is 18.1 Å². The quantitative estimate of drug-likeness (QED) is 0.564. The molecular formula is C22H20N2O2S. The molecule has 0 saturated carbocycles. The van der Waals surface area contributed by atoms with Crippen molar-refractivity contribution in [1.29, 1.82) is 0 Å². The van der Waals surface area contributed by atoms with Crippen LogP contribution < -0.4 is 4.74 Å². The van der Waals surface area contributed by atoms with E-state index in [9.17, 15) is 4.79 Å². The predicted molar refractivity (Wildman–Crippen MR) is 112 cm³/mol. The van der Waals surface area contributed by atoms with Crippen molar-refractivity contribution in [3.63, 3.8) is 0 Å². The fraction of sp³-hybridized carbons (Fsp3) is 0.182. The summed E-state index contributed by atoms with van der Waals surface area (Å²) in [5.74, 6) is 3.06. The van der Waals surface area contributed by atoms with Crippen LogP contribution in [0.15, 0.2) is 58.4 Å². The molecule has 0 aliphatic carbocycles. The number of carbonyl (C=O) groups excluding carboxylic acids is 1. The monoisotopic (exact) mass is 376 g/mol. The van der Waals surface area contributed by atoms with Crippen LogP contribution in [-0.4, -0.2) is 29.1 Å². The molecule has 1 aliphatic heterocycles. The van der Waals surface area contributed by atoms with Gasteiger partial charge in [-0.2, -0.15) is 0 Å². The van der Waals surface area contributed by atoms with Gasteiger partial charge in [0.2, 0.25) is 0 Å². The molecule has 1 heterocycles. The maximum absolute atomic E-state index is 12.8. The molecule has 0 atom stereocenters. The van der Waals surface area contributed by atoms with E-state index in [1.807, 2.05) is 68.5 Å². The Hall–Kier alpha value is -2.97. The van der Waals surface area contributed by atoms with E-state index in [-0.39, 0.29) is 12.5 Å². The maximum atomic E-state index is 12.8. The van der Waals surface area contributed by atoms with Crippen LogP contribution in [0.1, 0.15) is 18.1 Å². The highest BCUT2D eigenvalue weighted by molar-refractivity contribution is 8.18. The van der Waals surface area contributed by atoms with Gasteiger partial charge in [0.25, 0.3) is 5.91 Å². The zero-order chi connectivity index (χ0) is 19.2. The smallest absolute Gasteiger partial charge is 0.266 e. The van der Waals surface area contributed by atoms with Gasteiger partial charge in [-0.05, 0) is 49.4 Å². The topological polar surface area (TPSA) is 41.9 Å². The molecular weight excluding hydrogens is 356 g/mol. The molecule has 0 bridgehead atoms. The molecule has 136 valence electrons. The molecule has 0 radical (unpaired) electrons. The van der Waals surface area contributed by atoms with Crippen molar-refractivity contribution < 1.29 is 9.53 Å². The lowest BCUT2D eigenvalue weighted by Crippen LogP contribution is -2.28. The number of aryl methyl sites for hydroxylation is 1. The number of hydrogen-bond donors (Lipinski definition) is 0. The van der Waals surface area contributed by atoms with Gasteiger partial charge in [-0.15, -0.1) is 6.42 Å². The summed E-state index contributed by atoms with van der Waals surface area (Å²) in [5.41, 5.74) is 2.75. The lowest BCUT2D eigenvalue weighted by Gasteiger charge is -2.12. The highest BCUT2D eigenvalue weighted by atomic mass is 32.2. The number of benzene rings is 2. The van der Waals surface area contributed by atoms with Crippen molar-refractivity contribution in [2.75, 3.05) is 13.2 Å². The second kappa shape index (κ2) is 8.61. The highest BCUT2D eigenvalue weighted by Gasteiger charge is 2.32. The number of para-hydroxylation sites is 2. The van der Waals surface area contributed by atoms with Crippen LogP contribution in [0, 0.1) is 19.3 Å². The van der Waals surface area contributed by atoms with E-state index in [1.54, 1.807) is 4.90 Å². The van der Waals surface area contributed by atoms with Crippen molar-refractivity contribution in [2.24, 2.45) is 4.99 Å². The lowest BCUT2D eigenvalue weighted by molar-refractivity contribution is -0.122. The minimum Gasteiger partial charge on any atom is -0.480 e. The Balaban J connectivity index is 1.95. The van der Waals surface area contributed by atoms with E-state index in [4.69, 9.17) is 16.2 Å². The molecule has 0 aromatic heterocycles. The highest BCUT2D eigenvalue weighted by Crippen LogP contribution is 2.35. The van der Waals surface area contributed by atoms with E-state index in [2.05, 4.69) is 5.92 Å². The molecule has 5 heteroatoms. The normalized spacial score (nSPS) is 16.8. The van der Waals surface area contributed by atoms with Crippen LogP contribution in [0.25, 0.3) is 6.08 Å². The lowest BCUT2D eigenvalue weighted by atomic mass is 10.2. The number of hydrogen-bond acceptors (Lipinski definition) is 4. The third-order valence-corrected chi connectivity index (χ3v) is 5.06. The fourth-order valence-electron chi connectivity index (χ4n) is 2.65. The minimum atomic E-state index is -0.0541. The van der Waals surface area contributed by atoms with Gasteiger partial charge in [0.1, 0.15) is 12.4 Å². The number of amidine groups is 1. The van der Waals surface area contributed by atoms with E-state index >= 15 is 0 Å². The third kappa shape index (κ3) is 4.24. The van der Waals surface area contributed by atoms with Gasteiger partial charge in [0, 0.05) is 12.1 Å². The number of aliphatic imine (C=N–C) groups is 1. The van der Waals surface area contributed by atoms with E-state index in [1.165, 1.54) is 11.8 Å². The summed E-state index contributed by atoms with van der Waals surface area (Å²) in [6, 6.07) is 15.4. The number of nitrogens with zero attached hydrogens (tertiary/aromatic N) is 2. The maximum Gasteiger partial charge on any atom is 0.266 e. The Morgan fingerprint density at radius 2 is 1.96 bits per heavy atom. The van der Waals surface area contributed by atoms with Gasteiger partial charge < -0.3 is 4.74 Å². The molecule has 1 amide bonds. The van der Waals surface area contributed by atoms with Crippen molar-refractivity contribution in [3.05, 3.63) is 64.6 Å². The molecule has 4 nitrogen and oxygen atoms in total. The number of amides is 1. The van der Waals surface area contributed by atoms with Crippen LogP contribution in [-0.2, 0) is 4.79 Å². The standard InChI is InChI=1S/C22H20N2O2S/c1-4-14-26-19-13-9-7-11-17(19)15-20-21(25)24(5-2)22(27-20)23-18-12-8-6-10-16(18)3/h1,6-13,15H,5,14H2,2-3H3/b20-15+,23-22?. The van der Waals surface area contributed by atoms with Gasteiger partial charge >= 0.3 is 0 Å². The third-order valence-electron chi connectivity index (χ3n) is 4.05. The molecule has 1 saturated heterocycles. The van der Waals surface area contributed by atoms with Gasteiger partial charge in [-0.3, -0.25) is 9.69 Å². The van der Waals surface area contributed by atoms with Gasteiger partial charge in [0.15, 0.2) is 5.17 Å². The second-order valence-electron chi connectivity index (χ2n) is 5.87. The molecule has 0 unspecified atom stereocenters. The first-order chi connectivity index (χ1) is 13.1. The summed E-state index contributed by atoms with van der Waals surface area (Å²) in [4.78, 5) is 19.8. The minimum absolute atomic E-state index is 0.0541. The van der Waals surface area contributed by atoms with Crippen molar-refractivity contribution in [2.45, 2.75) is 13.8 Å². The number of likely N-dealkylation sites (N-methyl/N-ethyl adjacent to an activating group) is 1.